The van der Waals surface area contributed by atoms with E-state index < -0.39 is 0 Å². The Morgan fingerprint density at radius 2 is 0.517 bits per heavy atom. The van der Waals surface area contributed by atoms with Crippen molar-refractivity contribution in [1.82, 2.24) is 0 Å². The van der Waals surface area contributed by atoms with Gasteiger partial charge in [-0.25, -0.2) is 0 Å². The first-order chi connectivity index (χ1) is 43.7. The van der Waals surface area contributed by atoms with Crippen LogP contribution in [0.3, 0.4) is 0 Å². The monoisotopic (exact) mass is 1290 g/mol. The zero-order valence-electron chi connectivity index (χ0n) is 54.6. The maximum Gasteiger partial charge on any atom is 0.121 e. The fraction of sp³-hybridized carbons (Fsp3) is 0.986. The quantitative estimate of drug-likeness (QED) is 0.0221. The van der Waals surface area contributed by atoms with E-state index in [1.165, 1.54) is 103 Å². The van der Waals surface area contributed by atoms with Crippen molar-refractivity contribution in [3.63, 3.8) is 0 Å². The Balaban J connectivity index is 0.000000152. The molecule has 7 aliphatic heterocycles. The Morgan fingerprint density at radius 3 is 0.753 bits per heavy atom. The van der Waals surface area contributed by atoms with Crippen molar-refractivity contribution in [2.24, 2.45) is 71.0 Å². The van der Waals surface area contributed by atoms with Crippen molar-refractivity contribution in [2.75, 3.05) is 171 Å². The van der Waals surface area contributed by atoms with Gasteiger partial charge >= 0.3 is 0 Å². The van der Waals surface area contributed by atoms with Gasteiger partial charge in [-0.2, -0.15) is 0 Å². The smallest absolute Gasteiger partial charge is 0.121 e. The van der Waals surface area contributed by atoms with Gasteiger partial charge in [-0.3, -0.25) is 0 Å². The number of hydrogen-bond acceptors (Lipinski definition) is 19. The third kappa shape index (κ3) is 37.5. The van der Waals surface area contributed by atoms with E-state index in [-0.39, 0.29) is 6.61 Å². The van der Waals surface area contributed by atoms with Crippen LogP contribution in [0, 0.1) is 77.4 Å². The summed E-state index contributed by atoms with van der Waals surface area (Å²) in [6.07, 6.45) is 32.5. The highest BCUT2D eigenvalue weighted by atomic mass is 35.5. The SMILES string of the molecule is C1CC(COCC2CO2)CC(COCC2CO2)C1.C1CC(COCC2CO2)CCC1COCC1CO1.ClCC1CO1.OCC1CCC(COCC2CO2)CC1.OCC1CCCC(CO)C1.OCC1CCCC(COCC2CO2)C1.OCC1[CH+]CC(CO)CC1. The number of alkyl halides is 1. The van der Waals surface area contributed by atoms with Gasteiger partial charge in [0.25, 0.3) is 0 Å². The van der Waals surface area contributed by atoms with Crippen molar-refractivity contribution in [3.8, 4) is 0 Å². The van der Waals surface area contributed by atoms with Gasteiger partial charge in [0, 0.05) is 78.6 Å². The first-order valence-electron chi connectivity index (χ1n) is 35.5. The molecule has 520 valence electrons. The number of rotatable bonds is 31. The van der Waals surface area contributed by atoms with Crippen LogP contribution in [0.1, 0.15) is 148 Å². The van der Waals surface area contributed by atoms with Crippen LogP contribution in [0.2, 0.25) is 0 Å². The van der Waals surface area contributed by atoms with Crippen molar-refractivity contribution < 1.29 is 92.2 Å². The van der Waals surface area contributed by atoms with Gasteiger partial charge in [0.15, 0.2) is 0 Å². The molecule has 0 aromatic carbocycles. The van der Waals surface area contributed by atoms with Crippen LogP contribution in [0.4, 0.5) is 0 Å². The standard InChI is InChI=1S/2C14H24O4.2C11H20O3.C8H15O2.C8H16O2.C3H5ClO/c1-2-12(6-16-8-14-10-18-14)4-3-11(1)5-15-7-13-9-17-13;1-2-11(5-15-7-13-9-17-13)4-12(3-1)6-16-8-14-10-18-14;12-5-9-1-3-10(4-2-9)6-13-7-11-8-14-11;12-5-9-2-1-3-10(4-9)6-13-7-11-8-14-11;9-5-7-1-2-8(6-10)4-3-7;9-5-7-2-1-3-8(4-7)6-10;4-1-3-2-5-3/h2*11-14H,1-10H2;2*9-12H,1-8H2;1,7-10H,2-6H2;7-10H,1-6H2;3H,1-2H2/q;;;;+1;;. The van der Waals surface area contributed by atoms with Crippen LogP contribution in [0.25, 0.3) is 0 Å². The Bertz CT molecular complexity index is 1610. The molecule has 0 amide bonds. The lowest BCUT2D eigenvalue weighted by atomic mass is 9.82. The van der Waals surface area contributed by atoms with Gasteiger partial charge in [0.05, 0.1) is 117 Å². The van der Waals surface area contributed by atoms with E-state index in [9.17, 15) is 0 Å². The third-order valence-corrected chi connectivity index (χ3v) is 20.2. The Morgan fingerprint density at radius 1 is 0.270 bits per heavy atom. The first kappa shape index (κ1) is 75.8. The minimum absolute atomic E-state index is 0.276. The highest BCUT2D eigenvalue weighted by Gasteiger charge is 2.32. The minimum Gasteiger partial charge on any atom is -0.396 e. The average molecular weight is 1290 g/mol. The molecule has 6 N–H and O–H groups in total. The van der Waals surface area contributed by atoms with E-state index in [2.05, 4.69) is 6.42 Å². The molecule has 0 aromatic rings. The second-order valence-corrected chi connectivity index (χ2v) is 28.6. The highest BCUT2D eigenvalue weighted by molar-refractivity contribution is 6.18. The molecule has 7 saturated heterocycles. The molecule has 6 aliphatic carbocycles. The summed E-state index contributed by atoms with van der Waals surface area (Å²) in [4.78, 5) is 0. The van der Waals surface area contributed by atoms with Crippen LogP contribution in [0.15, 0.2) is 0 Å². The van der Waals surface area contributed by atoms with Crippen LogP contribution >= 0.6 is 11.6 Å². The lowest BCUT2D eigenvalue weighted by molar-refractivity contribution is 0.0342. The lowest BCUT2D eigenvalue weighted by Gasteiger charge is -2.28. The van der Waals surface area contributed by atoms with Gasteiger partial charge in [0.2, 0.25) is 0 Å². The van der Waals surface area contributed by atoms with Crippen molar-refractivity contribution in [1.29, 1.82) is 0 Å². The van der Waals surface area contributed by atoms with Gasteiger partial charge in [-0.15, -0.1) is 11.6 Å². The van der Waals surface area contributed by atoms with Crippen molar-refractivity contribution in [2.45, 2.75) is 190 Å². The molecule has 0 bridgehead atoms. The lowest BCUT2D eigenvalue weighted by Crippen LogP contribution is -2.24. The third-order valence-electron chi connectivity index (χ3n) is 19.8. The zero-order chi connectivity index (χ0) is 62.5. The van der Waals surface area contributed by atoms with Crippen molar-refractivity contribution >= 4 is 11.6 Å². The summed E-state index contributed by atoms with van der Waals surface area (Å²) in [6.45, 7) is 18.2. The maximum absolute atomic E-state index is 9.07. The Hall–Kier alpha value is -0.600. The van der Waals surface area contributed by atoms with Gasteiger partial charge in [-0.1, -0.05) is 19.3 Å². The van der Waals surface area contributed by atoms with E-state index in [0.29, 0.717) is 123 Å². The average Bonchev–Trinajstić information content (AvgIpc) is 4.48. The number of hydrogen-bond donors (Lipinski definition) is 6. The summed E-state index contributed by atoms with van der Waals surface area (Å²) >= 11 is 5.27. The van der Waals surface area contributed by atoms with Gasteiger partial charge in [-0.05, 0) is 181 Å². The molecule has 6 saturated carbocycles. The topological polar surface area (TPSA) is 264 Å². The number of halogens is 1. The highest BCUT2D eigenvalue weighted by Crippen LogP contribution is 2.34. The molecule has 0 spiro atoms. The van der Waals surface area contributed by atoms with E-state index >= 15 is 0 Å². The van der Waals surface area contributed by atoms with E-state index in [1.54, 1.807) is 0 Å². The molecule has 15 atom stereocenters. The van der Waals surface area contributed by atoms with Crippen LogP contribution < -0.4 is 0 Å². The summed E-state index contributed by atoms with van der Waals surface area (Å²) < 4.78 is 69.4. The van der Waals surface area contributed by atoms with E-state index in [0.717, 1.165) is 200 Å². The van der Waals surface area contributed by atoms with E-state index in [1.807, 2.05) is 0 Å². The first-order valence-corrected chi connectivity index (χ1v) is 36.1. The second-order valence-electron chi connectivity index (χ2n) is 28.3. The number of aliphatic hydroxyl groups is 6. The second kappa shape index (κ2) is 45.8. The molecule has 13 aliphatic rings. The molecule has 0 aromatic heterocycles. The molecule has 7 heterocycles. The van der Waals surface area contributed by atoms with Gasteiger partial charge < -0.3 is 92.2 Å². The van der Waals surface area contributed by atoms with Crippen LogP contribution in [-0.2, 0) is 61.6 Å². The predicted octanol–water partition coefficient (Wildman–Crippen LogP) is 7.64. The summed E-state index contributed by atoms with van der Waals surface area (Å²) in [5, 5.41) is 53.2. The molecule has 13 rings (SSSR count). The van der Waals surface area contributed by atoms with Gasteiger partial charge in [0.1, 0.15) is 42.5 Å². The molecule has 0 radical (unpaired) electrons. The fourth-order valence-corrected chi connectivity index (χ4v) is 13.2. The normalized spacial score (nSPS) is 36.8. The number of epoxide rings is 7. The summed E-state index contributed by atoms with van der Waals surface area (Å²) in [6, 6.07) is 0. The molecule has 20 heteroatoms. The molecule has 19 nitrogen and oxygen atoms in total. The molecular weight excluding hydrogens is 1170 g/mol. The number of aliphatic hydroxyl groups excluding tert-OH is 6. The summed E-state index contributed by atoms with van der Waals surface area (Å²) in [5.74, 6) is 7.87. The van der Waals surface area contributed by atoms with Crippen molar-refractivity contribution in [3.05, 3.63) is 6.42 Å². The summed E-state index contributed by atoms with van der Waals surface area (Å²) in [7, 11) is 0. The van der Waals surface area contributed by atoms with E-state index in [4.69, 9.17) is 104 Å². The molecule has 13 fully saturated rings. The summed E-state index contributed by atoms with van der Waals surface area (Å²) in [5.41, 5.74) is 0. The number of ether oxygens (including phenoxy) is 13. The zero-order valence-corrected chi connectivity index (χ0v) is 55.3. The Kier molecular flexibility index (Phi) is 39.0. The minimum atomic E-state index is 0.276. The molecule has 15 unspecified atom stereocenters. The van der Waals surface area contributed by atoms with Crippen LogP contribution in [-0.4, -0.2) is 244 Å². The molecule has 89 heavy (non-hydrogen) atoms. The molecular formula is C69H124ClO19+. The predicted molar refractivity (Wildman–Crippen MR) is 339 cm³/mol. The Labute approximate surface area is 540 Å². The largest absolute Gasteiger partial charge is 0.396 e. The fourth-order valence-electron chi connectivity index (χ4n) is 13.0. The van der Waals surface area contributed by atoms with Crippen LogP contribution in [0.5, 0.6) is 0 Å². The maximum atomic E-state index is 9.07.